The van der Waals surface area contributed by atoms with E-state index in [0.29, 0.717) is 57.9 Å². The number of hydrogen-bond acceptors (Lipinski definition) is 12. The van der Waals surface area contributed by atoms with Crippen LogP contribution in [0.2, 0.25) is 0 Å². The number of nitrogens with zero attached hydrogens (tertiary/aromatic N) is 4. The summed E-state index contributed by atoms with van der Waals surface area (Å²) in [6.45, 7) is 9.53. The number of para-hydroxylation sites is 4. The Morgan fingerprint density at radius 3 is 1.03 bits per heavy atom. The van der Waals surface area contributed by atoms with Crippen LogP contribution >= 0.6 is 0 Å². The minimum atomic E-state index is -4.19. The van der Waals surface area contributed by atoms with Gasteiger partial charge >= 0.3 is 368 Å². The van der Waals surface area contributed by atoms with E-state index in [1.54, 1.807) is 24.3 Å². The summed E-state index contributed by atoms with van der Waals surface area (Å²) in [7, 11) is 0. The average molecular weight is 930 g/mol. The van der Waals surface area contributed by atoms with Crippen LogP contribution in [0, 0.1) is 33.6 Å². The third-order valence-corrected chi connectivity index (χ3v) is 15.6. The van der Waals surface area contributed by atoms with Crippen molar-refractivity contribution in [2.45, 2.75) is 53.9 Å². The third-order valence-electron chi connectivity index (χ3n) is 10.0. The minimum absolute atomic E-state index is 0.145. The third kappa shape index (κ3) is 9.78. The number of carbonyl (C=O) groups excluding carboxylic acids is 2. The number of pyridine rings is 4. The van der Waals surface area contributed by atoms with E-state index in [2.05, 4.69) is 0 Å². The molecule has 0 bridgehead atoms. The van der Waals surface area contributed by atoms with Gasteiger partial charge in [0.25, 0.3) is 0 Å². The Hall–Kier alpha value is -6.07. The Labute approximate surface area is 365 Å². The van der Waals surface area contributed by atoms with Crippen molar-refractivity contribution >= 4 is 90.2 Å². The van der Waals surface area contributed by atoms with Crippen molar-refractivity contribution in [3.8, 4) is 23.0 Å². The van der Waals surface area contributed by atoms with Gasteiger partial charge in [0, 0.05) is 0 Å². The Kier molecular flexibility index (Phi) is 12.8. The molecule has 0 aliphatic carbocycles. The van der Waals surface area contributed by atoms with Crippen LogP contribution in [0.25, 0.3) is 43.6 Å². The van der Waals surface area contributed by atoms with Gasteiger partial charge in [0.1, 0.15) is 0 Å². The molecule has 0 radical (unpaired) electrons. The number of rotatable bonds is 15. The zero-order valence-electron chi connectivity index (χ0n) is 34.5. The summed E-state index contributed by atoms with van der Waals surface area (Å²) in [6.07, 6.45) is 1.38. The topological polar surface area (TPSA) is 141 Å². The zero-order valence-corrected chi connectivity index (χ0v) is 39.3. The molecule has 8 aromatic rings. The molecule has 14 heteroatoms. The van der Waals surface area contributed by atoms with E-state index in [1.165, 1.54) is 0 Å². The number of aromatic nitrogens is 4. The van der Waals surface area contributed by atoms with Gasteiger partial charge in [-0.2, -0.15) is 0 Å². The number of carbonyl (C=O) groups is 2. The first kappa shape index (κ1) is 41.7. The van der Waals surface area contributed by atoms with E-state index in [0.717, 1.165) is 44.3 Å². The maximum absolute atomic E-state index is 14.5. The van der Waals surface area contributed by atoms with Crippen LogP contribution in [0.1, 0.15) is 49.0 Å². The second kappa shape index (κ2) is 18.7. The average Bonchev–Trinajstić information content (AvgIpc) is 3.24. The summed E-state index contributed by atoms with van der Waals surface area (Å²) in [6, 6.07) is 37.6. The first-order valence-electron chi connectivity index (χ1n) is 20.1. The van der Waals surface area contributed by atoms with Crippen molar-refractivity contribution in [2.24, 2.45) is 5.92 Å². The quantitative estimate of drug-likeness (QED) is 0.0714. The maximum atomic E-state index is 14.5. The van der Waals surface area contributed by atoms with Crippen molar-refractivity contribution in [3.05, 3.63) is 144 Å². The molecule has 0 N–H and O–H groups in total. The van der Waals surface area contributed by atoms with Crippen LogP contribution < -0.4 is 14.1 Å². The molecule has 4 aromatic heterocycles. The fraction of sp³-hybridized carbons (Fsp3) is 0.191. The van der Waals surface area contributed by atoms with Gasteiger partial charge in [-0.05, 0) is 0 Å². The molecule has 0 fully saturated rings. The Morgan fingerprint density at radius 2 is 0.754 bits per heavy atom. The Bertz CT molecular complexity index is 2550. The van der Waals surface area contributed by atoms with Gasteiger partial charge in [0.05, 0.1) is 0 Å². The molecule has 4 heterocycles. The molecule has 8 rings (SSSR count). The summed E-state index contributed by atoms with van der Waals surface area (Å²) in [5.41, 5.74) is 5.51. The molecule has 0 unspecified atom stereocenters. The first-order valence-corrected chi connectivity index (χ1v) is 26.1. The SMILES string of the molecule is CCCCC(C(=O)[O][Ga]([O]c1cccc2ccc(C)nc12)[O]c1cccc2ccc(C)nc12)C(=O)[O][Ga]([O]c1cccc2ccc(C)nc12)[O]c1cccc2ccc(C)nc12. The molecule has 0 aliphatic heterocycles. The molecule has 0 amide bonds. The number of fused-ring (bicyclic) bond motifs is 4. The molecule has 61 heavy (non-hydrogen) atoms. The number of benzene rings is 4. The fourth-order valence-electron chi connectivity index (χ4n) is 6.90. The van der Waals surface area contributed by atoms with Crippen LogP contribution in [0.3, 0.4) is 0 Å². The molecule has 4 aromatic carbocycles. The molecule has 0 saturated heterocycles. The van der Waals surface area contributed by atoms with Crippen LogP contribution in [-0.2, 0) is 16.6 Å². The second-order valence-electron chi connectivity index (χ2n) is 14.7. The van der Waals surface area contributed by atoms with Gasteiger partial charge in [-0.1, -0.05) is 0 Å². The summed E-state index contributed by atoms with van der Waals surface area (Å²) in [5.74, 6) is -1.43. The predicted molar refractivity (Wildman–Crippen MR) is 235 cm³/mol. The number of aryl methyl sites for hydroxylation is 4. The number of unbranched alkanes of at least 4 members (excludes halogenated alkanes) is 1. The van der Waals surface area contributed by atoms with Crippen molar-refractivity contribution in [2.75, 3.05) is 0 Å². The first-order chi connectivity index (χ1) is 29.6. The van der Waals surface area contributed by atoms with Gasteiger partial charge in [-0.3, -0.25) is 0 Å². The van der Waals surface area contributed by atoms with Crippen molar-refractivity contribution < 1.29 is 30.8 Å². The molecular weight excluding hydrogens is 888 g/mol. The van der Waals surface area contributed by atoms with Gasteiger partial charge < -0.3 is 0 Å². The van der Waals surface area contributed by atoms with Crippen LogP contribution in [0.4, 0.5) is 0 Å². The van der Waals surface area contributed by atoms with Crippen LogP contribution in [-0.4, -0.2) is 66.5 Å². The predicted octanol–water partition coefficient (Wildman–Crippen LogP) is 9.59. The molecule has 0 aliphatic rings. The molecule has 0 spiro atoms. The molecule has 0 atom stereocenters. The Balaban J connectivity index is 1.13. The summed E-state index contributed by atoms with van der Waals surface area (Å²) in [4.78, 5) is 47.9. The molecule has 304 valence electrons. The van der Waals surface area contributed by atoms with E-state index in [4.69, 9.17) is 41.1 Å². The van der Waals surface area contributed by atoms with Crippen LogP contribution in [0.5, 0.6) is 23.0 Å². The van der Waals surface area contributed by atoms with Gasteiger partial charge in [0.15, 0.2) is 0 Å². The number of hydrogen-bond donors (Lipinski definition) is 0. The second-order valence-corrected chi connectivity index (χ2v) is 20.1. The van der Waals surface area contributed by atoms with Crippen LogP contribution in [0.15, 0.2) is 121 Å². The summed E-state index contributed by atoms with van der Waals surface area (Å²) >= 11 is -8.39. The zero-order chi connectivity index (χ0) is 42.5. The van der Waals surface area contributed by atoms with Gasteiger partial charge in [-0.15, -0.1) is 0 Å². The molecular formula is C47H42Ga2N4O8. The fourth-order valence-corrected chi connectivity index (χ4v) is 12.3. The Morgan fingerprint density at radius 1 is 0.459 bits per heavy atom. The van der Waals surface area contributed by atoms with E-state index in [1.807, 2.05) is 132 Å². The van der Waals surface area contributed by atoms with E-state index in [-0.39, 0.29) is 6.42 Å². The van der Waals surface area contributed by atoms with E-state index >= 15 is 0 Å². The standard InChI is InChI=1S/4C10H9NO.C7H12O4.2Ga/c4*1-7-5-6-8-3-2-4-9(12)10(8)11-7;1-2-3-4-5(6(8)9)7(10)11;;/h4*2-6,12H,1H3;5H,2-4H2,1H3,(H,8,9)(H,10,11);;/q;;;;;2*+3/p-6. The van der Waals surface area contributed by atoms with E-state index in [9.17, 15) is 9.59 Å². The molecule has 0 saturated carbocycles. The van der Waals surface area contributed by atoms with Crippen molar-refractivity contribution in [1.82, 2.24) is 19.9 Å². The van der Waals surface area contributed by atoms with Crippen molar-refractivity contribution in [3.63, 3.8) is 0 Å². The normalized spacial score (nSPS) is 11.2. The van der Waals surface area contributed by atoms with E-state index < -0.39 is 52.5 Å². The summed E-state index contributed by atoms with van der Waals surface area (Å²) in [5, 5.41) is 3.36. The molecule has 12 nitrogen and oxygen atoms in total. The monoisotopic (exact) mass is 928 g/mol. The van der Waals surface area contributed by atoms with Gasteiger partial charge in [0.2, 0.25) is 0 Å². The summed E-state index contributed by atoms with van der Waals surface area (Å²) < 4.78 is 38.6. The van der Waals surface area contributed by atoms with Gasteiger partial charge in [-0.25, -0.2) is 0 Å². The van der Waals surface area contributed by atoms with Crippen molar-refractivity contribution in [1.29, 1.82) is 0 Å².